The molecule has 1 unspecified atom stereocenters. The van der Waals surface area contributed by atoms with Crippen LogP contribution in [-0.2, 0) is 0 Å². The zero-order valence-corrected chi connectivity index (χ0v) is 12.9. The maximum Gasteiger partial charge on any atom is 0.148 e. The second kappa shape index (κ2) is 5.35. The molecular formula is C14H22BrNO2. The number of nitrogens with zero attached hydrogens (tertiary/aromatic N) is 1. The Morgan fingerprint density at radius 2 is 2.06 bits per heavy atom. The Balaban J connectivity index is 2.28. The fourth-order valence-corrected chi connectivity index (χ4v) is 3.39. The van der Waals surface area contributed by atoms with E-state index in [4.69, 9.17) is 4.42 Å². The molecule has 0 aromatic carbocycles. The molecular weight excluding hydrogens is 294 g/mol. The lowest BCUT2D eigenvalue weighted by Crippen LogP contribution is -2.51. The summed E-state index contributed by atoms with van der Waals surface area (Å²) in [4.78, 5) is 2.17. The zero-order chi connectivity index (χ0) is 13.3. The monoisotopic (exact) mass is 315 g/mol. The molecule has 0 saturated heterocycles. The van der Waals surface area contributed by atoms with E-state index in [2.05, 4.69) is 41.8 Å². The van der Waals surface area contributed by atoms with Crippen molar-refractivity contribution in [2.75, 3.05) is 14.1 Å². The number of aliphatic hydroxyl groups excluding tert-OH is 1. The molecule has 1 aromatic rings. The topological polar surface area (TPSA) is 36.6 Å². The fourth-order valence-electron chi connectivity index (χ4n) is 2.97. The van der Waals surface area contributed by atoms with Gasteiger partial charge in [-0.3, -0.25) is 0 Å². The van der Waals surface area contributed by atoms with Gasteiger partial charge in [0, 0.05) is 0 Å². The third kappa shape index (κ3) is 2.38. The highest BCUT2D eigenvalue weighted by atomic mass is 79.9. The average molecular weight is 316 g/mol. The molecule has 1 heterocycles. The first kappa shape index (κ1) is 14.1. The number of furan rings is 1. The van der Waals surface area contributed by atoms with Crippen molar-refractivity contribution in [3.63, 3.8) is 0 Å². The summed E-state index contributed by atoms with van der Waals surface area (Å²) in [7, 11) is 4.10. The summed E-state index contributed by atoms with van der Waals surface area (Å²) in [5.41, 5.74) is -0.202. The van der Waals surface area contributed by atoms with Crippen molar-refractivity contribution in [2.45, 2.75) is 44.2 Å². The van der Waals surface area contributed by atoms with Crippen molar-refractivity contribution >= 4 is 15.9 Å². The standard InChI is InChI=1S/C14H22BrNO2/c1-10-4-7-14(8-5-10,16(2)3)13(17)12-11(15)6-9-18-12/h6,9-10,13,17H,4-5,7-8H2,1-3H3. The van der Waals surface area contributed by atoms with Gasteiger partial charge in [0.05, 0.1) is 16.3 Å². The highest BCUT2D eigenvalue weighted by Crippen LogP contribution is 2.45. The number of likely N-dealkylation sites (N-methyl/N-ethyl adjacent to an activating group) is 1. The highest BCUT2D eigenvalue weighted by Gasteiger charge is 2.44. The van der Waals surface area contributed by atoms with Crippen LogP contribution in [0.25, 0.3) is 0 Å². The summed E-state index contributed by atoms with van der Waals surface area (Å²) in [6.45, 7) is 2.29. The van der Waals surface area contributed by atoms with Gasteiger partial charge in [0.15, 0.2) is 0 Å². The van der Waals surface area contributed by atoms with Crippen LogP contribution >= 0.6 is 15.9 Å². The van der Waals surface area contributed by atoms with E-state index in [-0.39, 0.29) is 5.54 Å². The Hall–Kier alpha value is -0.320. The normalized spacial score (nSPS) is 30.7. The minimum absolute atomic E-state index is 0.202. The van der Waals surface area contributed by atoms with E-state index in [0.29, 0.717) is 5.76 Å². The average Bonchev–Trinajstić information content (AvgIpc) is 2.75. The van der Waals surface area contributed by atoms with Crippen molar-refractivity contribution in [1.29, 1.82) is 0 Å². The number of rotatable bonds is 3. The van der Waals surface area contributed by atoms with Gasteiger partial charge in [-0.2, -0.15) is 0 Å². The fraction of sp³-hybridized carbons (Fsp3) is 0.714. The van der Waals surface area contributed by atoms with Gasteiger partial charge in [-0.15, -0.1) is 0 Å². The van der Waals surface area contributed by atoms with Crippen LogP contribution in [-0.4, -0.2) is 29.6 Å². The van der Waals surface area contributed by atoms with Crippen molar-refractivity contribution in [3.8, 4) is 0 Å². The molecule has 1 saturated carbocycles. The van der Waals surface area contributed by atoms with Gasteiger partial charge in [-0.05, 0) is 67.7 Å². The lowest BCUT2D eigenvalue weighted by atomic mass is 9.72. The van der Waals surface area contributed by atoms with Crippen LogP contribution in [0.15, 0.2) is 21.2 Å². The Labute approximate surface area is 117 Å². The first-order valence-corrected chi connectivity index (χ1v) is 7.35. The van der Waals surface area contributed by atoms with Crippen molar-refractivity contribution in [1.82, 2.24) is 4.90 Å². The minimum atomic E-state index is -0.579. The second-order valence-electron chi connectivity index (χ2n) is 5.72. The maximum atomic E-state index is 10.8. The summed E-state index contributed by atoms with van der Waals surface area (Å²) >= 11 is 3.45. The van der Waals surface area contributed by atoms with E-state index in [1.165, 1.54) is 0 Å². The van der Waals surface area contributed by atoms with Gasteiger partial charge >= 0.3 is 0 Å². The molecule has 0 radical (unpaired) electrons. The zero-order valence-electron chi connectivity index (χ0n) is 11.3. The maximum absolute atomic E-state index is 10.8. The summed E-state index contributed by atoms with van der Waals surface area (Å²) in [5, 5.41) is 10.8. The van der Waals surface area contributed by atoms with Gasteiger partial charge < -0.3 is 14.4 Å². The van der Waals surface area contributed by atoms with Gasteiger partial charge in [-0.25, -0.2) is 0 Å². The molecule has 18 heavy (non-hydrogen) atoms. The van der Waals surface area contributed by atoms with E-state index in [1.807, 2.05) is 6.07 Å². The van der Waals surface area contributed by atoms with Crippen molar-refractivity contribution < 1.29 is 9.52 Å². The second-order valence-corrected chi connectivity index (χ2v) is 6.57. The quantitative estimate of drug-likeness (QED) is 0.926. The largest absolute Gasteiger partial charge is 0.465 e. The molecule has 0 spiro atoms. The molecule has 1 N–H and O–H groups in total. The van der Waals surface area contributed by atoms with Gasteiger partial charge in [-0.1, -0.05) is 6.92 Å². The SMILES string of the molecule is CC1CCC(C(O)c2occc2Br)(N(C)C)CC1. The van der Waals surface area contributed by atoms with E-state index in [0.717, 1.165) is 36.1 Å². The number of hydrogen-bond acceptors (Lipinski definition) is 3. The van der Waals surface area contributed by atoms with Crippen LogP contribution in [0.2, 0.25) is 0 Å². The molecule has 102 valence electrons. The summed E-state index contributed by atoms with van der Waals surface area (Å²) in [5.74, 6) is 1.41. The Morgan fingerprint density at radius 1 is 1.44 bits per heavy atom. The lowest BCUT2D eigenvalue weighted by Gasteiger charge is -2.47. The Kier molecular flexibility index (Phi) is 4.19. The first-order valence-electron chi connectivity index (χ1n) is 6.56. The van der Waals surface area contributed by atoms with Gasteiger partial charge in [0.25, 0.3) is 0 Å². The van der Waals surface area contributed by atoms with Crippen LogP contribution in [0.3, 0.4) is 0 Å². The molecule has 1 aliphatic rings. The Bertz CT molecular complexity index is 394. The summed E-state index contributed by atoms with van der Waals surface area (Å²) in [6.07, 6.45) is 5.38. The Morgan fingerprint density at radius 3 is 2.50 bits per heavy atom. The third-order valence-corrected chi connectivity index (χ3v) is 5.09. The lowest BCUT2D eigenvalue weighted by molar-refractivity contribution is -0.0510. The number of halogens is 1. The molecule has 3 nitrogen and oxygen atoms in total. The molecule has 4 heteroatoms. The first-order chi connectivity index (χ1) is 8.47. The molecule has 1 atom stereocenters. The van der Waals surface area contributed by atoms with Crippen molar-refractivity contribution in [3.05, 3.63) is 22.6 Å². The molecule has 1 aliphatic carbocycles. The van der Waals surface area contributed by atoms with Crippen LogP contribution in [0.5, 0.6) is 0 Å². The predicted octanol–water partition coefficient (Wildman–Crippen LogP) is 3.59. The molecule has 0 bridgehead atoms. The van der Waals surface area contributed by atoms with Crippen LogP contribution in [0, 0.1) is 5.92 Å². The summed E-state index contributed by atoms with van der Waals surface area (Å²) < 4.78 is 6.31. The molecule has 0 aliphatic heterocycles. The van der Waals surface area contributed by atoms with Crippen molar-refractivity contribution in [2.24, 2.45) is 5.92 Å². The molecule has 1 aromatic heterocycles. The summed E-state index contributed by atoms with van der Waals surface area (Å²) in [6, 6.07) is 1.84. The predicted molar refractivity (Wildman–Crippen MR) is 75.4 cm³/mol. The van der Waals surface area contributed by atoms with E-state index >= 15 is 0 Å². The molecule has 1 fully saturated rings. The number of hydrogen-bond donors (Lipinski definition) is 1. The van der Waals surface area contributed by atoms with E-state index in [9.17, 15) is 5.11 Å². The third-order valence-electron chi connectivity index (χ3n) is 4.43. The van der Waals surface area contributed by atoms with Crippen LogP contribution in [0.1, 0.15) is 44.5 Å². The van der Waals surface area contributed by atoms with E-state index in [1.54, 1.807) is 6.26 Å². The minimum Gasteiger partial charge on any atom is -0.465 e. The molecule has 0 amide bonds. The number of aliphatic hydroxyl groups is 1. The van der Waals surface area contributed by atoms with Gasteiger partial charge in [0.2, 0.25) is 0 Å². The smallest absolute Gasteiger partial charge is 0.148 e. The van der Waals surface area contributed by atoms with Gasteiger partial charge in [0.1, 0.15) is 11.9 Å². The van der Waals surface area contributed by atoms with E-state index < -0.39 is 6.10 Å². The van der Waals surface area contributed by atoms with Crippen LogP contribution < -0.4 is 0 Å². The highest BCUT2D eigenvalue weighted by molar-refractivity contribution is 9.10. The van der Waals surface area contributed by atoms with Crippen LogP contribution in [0.4, 0.5) is 0 Å². The molecule has 2 rings (SSSR count).